The highest BCUT2D eigenvalue weighted by Gasteiger charge is 2.17. The van der Waals surface area contributed by atoms with Gasteiger partial charge in [0.05, 0.1) is 17.9 Å². The number of ether oxygens (including phenoxy) is 1. The fourth-order valence-corrected chi connectivity index (χ4v) is 3.27. The van der Waals surface area contributed by atoms with E-state index >= 15 is 0 Å². The number of rotatable bonds is 3. The van der Waals surface area contributed by atoms with E-state index < -0.39 is 0 Å². The molecule has 2 heterocycles. The van der Waals surface area contributed by atoms with Gasteiger partial charge in [0.1, 0.15) is 10.8 Å². The van der Waals surface area contributed by atoms with Gasteiger partial charge in [0.2, 0.25) is 0 Å². The fourth-order valence-electron chi connectivity index (χ4n) is 2.17. The number of thiazole rings is 1. The Hall–Kier alpha value is -1.39. The SMILES string of the molecule is CCOc1ccccc1-c1nc2c(s1)CNCC2. The first-order chi connectivity index (χ1) is 8.88. The van der Waals surface area contributed by atoms with Gasteiger partial charge in [0.15, 0.2) is 0 Å². The zero-order chi connectivity index (χ0) is 12.4. The molecule has 1 N–H and O–H groups in total. The van der Waals surface area contributed by atoms with Crippen LogP contribution in [0.3, 0.4) is 0 Å². The molecule has 1 aliphatic rings. The Kier molecular flexibility index (Phi) is 3.30. The zero-order valence-electron chi connectivity index (χ0n) is 10.4. The van der Waals surface area contributed by atoms with Crippen molar-refractivity contribution < 1.29 is 4.74 Å². The highest BCUT2D eigenvalue weighted by atomic mass is 32.1. The largest absolute Gasteiger partial charge is 0.493 e. The van der Waals surface area contributed by atoms with Crippen molar-refractivity contribution in [2.45, 2.75) is 19.9 Å². The highest BCUT2D eigenvalue weighted by molar-refractivity contribution is 7.15. The second-order valence-corrected chi connectivity index (χ2v) is 5.33. The van der Waals surface area contributed by atoms with Crippen LogP contribution in [0.2, 0.25) is 0 Å². The van der Waals surface area contributed by atoms with Crippen LogP contribution in [0.5, 0.6) is 5.75 Å². The van der Waals surface area contributed by atoms with E-state index in [1.807, 2.05) is 25.1 Å². The summed E-state index contributed by atoms with van der Waals surface area (Å²) in [5.41, 5.74) is 2.36. The van der Waals surface area contributed by atoms with Crippen molar-refractivity contribution in [2.75, 3.05) is 13.2 Å². The maximum atomic E-state index is 5.67. The zero-order valence-corrected chi connectivity index (χ0v) is 11.2. The van der Waals surface area contributed by atoms with Crippen molar-refractivity contribution in [3.8, 4) is 16.3 Å². The molecule has 3 nitrogen and oxygen atoms in total. The first-order valence-corrected chi connectivity index (χ1v) is 7.11. The van der Waals surface area contributed by atoms with Crippen molar-refractivity contribution in [3.05, 3.63) is 34.8 Å². The van der Waals surface area contributed by atoms with Crippen molar-refractivity contribution in [1.82, 2.24) is 10.3 Å². The van der Waals surface area contributed by atoms with Gasteiger partial charge < -0.3 is 10.1 Å². The number of nitrogens with zero attached hydrogens (tertiary/aromatic N) is 1. The summed E-state index contributed by atoms with van der Waals surface area (Å²) < 4.78 is 5.67. The molecule has 0 aliphatic carbocycles. The molecule has 0 saturated heterocycles. The second-order valence-electron chi connectivity index (χ2n) is 4.24. The first-order valence-electron chi connectivity index (χ1n) is 6.30. The van der Waals surface area contributed by atoms with E-state index in [9.17, 15) is 0 Å². The third-order valence-corrected chi connectivity index (χ3v) is 4.15. The van der Waals surface area contributed by atoms with Crippen LogP contribution in [-0.2, 0) is 13.0 Å². The van der Waals surface area contributed by atoms with Gasteiger partial charge in [-0.1, -0.05) is 12.1 Å². The fraction of sp³-hybridized carbons (Fsp3) is 0.357. The number of aromatic nitrogens is 1. The van der Waals surface area contributed by atoms with Crippen LogP contribution in [0.4, 0.5) is 0 Å². The minimum Gasteiger partial charge on any atom is -0.493 e. The third kappa shape index (κ3) is 2.13. The molecule has 0 bridgehead atoms. The second kappa shape index (κ2) is 5.08. The molecule has 0 unspecified atom stereocenters. The molecule has 1 aromatic carbocycles. The minimum absolute atomic E-state index is 0.684. The van der Waals surface area contributed by atoms with E-state index in [1.54, 1.807) is 11.3 Å². The number of para-hydroxylation sites is 1. The Bertz CT molecular complexity index is 527. The molecule has 94 valence electrons. The molecule has 1 aromatic heterocycles. The minimum atomic E-state index is 0.684. The standard InChI is InChI=1S/C14H16N2OS/c1-2-17-12-6-4-3-5-10(12)14-16-11-7-8-15-9-13(11)18-14/h3-6,15H,2,7-9H2,1H3. The summed E-state index contributed by atoms with van der Waals surface area (Å²) in [6, 6.07) is 8.14. The van der Waals surface area contributed by atoms with Gasteiger partial charge >= 0.3 is 0 Å². The molecule has 3 rings (SSSR count). The number of fused-ring (bicyclic) bond motifs is 1. The molecule has 0 amide bonds. The quantitative estimate of drug-likeness (QED) is 0.921. The number of hydrogen-bond donors (Lipinski definition) is 1. The van der Waals surface area contributed by atoms with Crippen LogP contribution < -0.4 is 10.1 Å². The molecule has 0 fully saturated rings. The molecule has 4 heteroatoms. The number of hydrogen-bond acceptors (Lipinski definition) is 4. The molecular formula is C14H16N2OS. The van der Waals surface area contributed by atoms with Crippen LogP contribution in [0.25, 0.3) is 10.6 Å². The highest BCUT2D eigenvalue weighted by Crippen LogP contribution is 2.35. The van der Waals surface area contributed by atoms with E-state index in [0.29, 0.717) is 6.61 Å². The van der Waals surface area contributed by atoms with E-state index in [-0.39, 0.29) is 0 Å². The van der Waals surface area contributed by atoms with Gasteiger partial charge in [-0.25, -0.2) is 4.98 Å². The topological polar surface area (TPSA) is 34.1 Å². The summed E-state index contributed by atoms with van der Waals surface area (Å²) in [6.45, 7) is 4.67. The lowest BCUT2D eigenvalue weighted by molar-refractivity contribution is 0.341. The summed E-state index contributed by atoms with van der Waals surface area (Å²) >= 11 is 1.77. The van der Waals surface area contributed by atoms with Crippen molar-refractivity contribution in [1.29, 1.82) is 0 Å². The van der Waals surface area contributed by atoms with E-state index in [4.69, 9.17) is 9.72 Å². The lowest BCUT2D eigenvalue weighted by Crippen LogP contribution is -2.22. The number of nitrogens with one attached hydrogen (secondary N) is 1. The van der Waals surface area contributed by atoms with Crippen LogP contribution in [0, 0.1) is 0 Å². The van der Waals surface area contributed by atoms with Crippen molar-refractivity contribution in [3.63, 3.8) is 0 Å². The van der Waals surface area contributed by atoms with E-state index in [0.717, 1.165) is 35.8 Å². The van der Waals surface area contributed by atoms with Crippen molar-refractivity contribution >= 4 is 11.3 Å². The molecule has 18 heavy (non-hydrogen) atoms. The summed E-state index contributed by atoms with van der Waals surface area (Å²) in [6.07, 6.45) is 1.03. The molecule has 0 spiro atoms. The van der Waals surface area contributed by atoms with Crippen LogP contribution >= 0.6 is 11.3 Å². The molecule has 1 aliphatic heterocycles. The summed E-state index contributed by atoms with van der Waals surface area (Å²) in [4.78, 5) is 6.13. The average Bonchev–Trinajstić information content (AvgIpc) is 2.83. The molecule has 0 saturated carbocycles. The molecule has 0 atom stereocenters. The van der Waals surface area contributed by atoms with Gasteiger partial charge in [-0.3, -0.25) is 0 Å². The Balaban J connectivity index is 2.01. The van der Waals surface area contributed by atoms with Crippen LogP contribution in [0.1, 0.15) is 17.5 Å². The summed E-state index contributed by atoms with van der Waals surface area (Å²) in [7, 11) is 0. The van der Waals surface area contributed by atoms with Gasteiger partial charge in [-0.2, -0.15) is 0 Å². The van der Waals surface area contributed by atoms with Crippen molar-refractivity contribution in [2.24, 2.45) is 0 Å². The van der Waals surface area contributed by atoms with Gasteiger partial charge in [-0.05, 0) is 19.1 Å². The maximum Gasteiger partial charge on any atom is 0.129 e. The Morgan fingerprint density at radius 1 is 1.39 bits per heavy atom. The van der Waals surface area contributed by atoms with Gasteiger partial charge in [0.25, 0.3) is 0 Å². The third-order valence-electron chi connectivity index (χ3n) is 3.02. The summed E-state index contributed by atoms with van der Waals surface area (Å²) in [5, 5.41) is 4.46. The maximum absolute atomic E-state index is 5.67. The van der Waals surface area contributed by atoms with Gasteiger partial charge in [0, 0.05) is 24.4 Å². The average molecular weight is 260 g/mol. The predicted octanol–water partition coefficient (Wildman–Crippen LogP) is 2.85. The van der Waals surface area contributed by atoms with Crippen LogP contribution in [0.15, 0.2) is 24.3 Å². The van der Waals surface area contributed by atoms with E-state index in [2.05, 4.69) is 11.4 Å². The van der Waals surface area contributed by atoms with E-state index in [1.165, 1.54) is 10.6 Å². The van der Waals surface area contributed by atoms with Crippen LogP contribution in [-0.4, -0.2) is 18.1 Å². The summed E-state index contributed by atoms with van der Waals surface area (Å²) in [5.74, 6) is 0.930. The smallest absolute Gasteiger partial charge is 0.129 e. The monoisotopic (exact) mass is 260 g/mol. The molecule has 2 aromatic rings. The Morgan fingerprint density at radius 2 is 2.28 bits per heavy atom. The Labute approximate surface area is 111 Å². The normalized spacial score (nSPS) is 14.3. The van der Waals surface area contributed by atoms with Gasteiger partial charge in [-0.15, -0.1) is 11.3 Å². The number of benzene rings is 1. The first kappa shape index (κ1) is 11.7. The molecular weight excluding hydrogens is 244 g/mol. The molecule has 0 radical (unpaired) electrons. The lowest BCUT2D eigenvalue weighted by atomic mass is 10.2. The predicted molar refractivity (Wildman–Crippen MR) is 74.1 cm³/mol. The Morgan fingerprint density at radius 3 is 3.11 bits per heavy atom. The lowest BCUT2D eigenvalue weighted by Gasteiger charge is -2.09.